The zero-order valence-corrected chi connectivity index (χ0v) is 10.7. The number of benzene rings is 1. The third-order valence-electron chi connectivity index (χ3n) is 3.04. The number of aryl methyl sites for hydroxylation is 2. The molecule has 90 valence electrons. The van der Waals surface area contributed by atoms with Gasteiger partial charge in [0.25, 0.3) is 0 Å². The molecule has 0 aliphatic carbocycles. The Balaban J connectivity index is 2.12. The predicted molar refractivity (Wildman–Crippen MR) is 71.6 cm³/mol. The Hall–Kier alpha value is -1.57. The molecule has 0 aliphatic rings. The molecule has 0 saturated heterocycles. The van der Waals surface area contributed by atoms with Crippen LogP contribution in [0.5, 0.6) is 0 Å². The summed E-state index contributed by atoms with van der Waals surface area (Å²) in [7, 11) is 0. The highest BCUT2D eigenvalue weighted by molar-refractivity contribution is 5.34. The van der Waals surface area contributed by atoms with Crippen molar-refractivity contribution in [3.63, 3.8) is 0 Å². The van der Waals surface area contributed by atoms with Crippen LogP contribution in [0.15, 0.2) is 36.5 Å². The molecule has 0 saturated carbocycles. The van der Waals surface area contributed by atoms with Crippen molar-refractivity contribution in [3.8, 4) is 5.69 Å². The standard InChI is InChI=1S/C15H20N2/c1-3-5-6-14-11-12-17(16-14)15-9-7-13(4-2)8-10-15/h7-12H,3-6H2,1-2H3. The number of unbranched alkanes of at least 4 members (excludes halogenated alkanes) is 1. The van der Waals surface area contributed by atoms with Crippen LogP contribution in [0.2, 0.25) is 0 Å². The van der Waals surface area contributed by atoms with E-state index in [1.54, 1.807) is 0 Å². The van der Waals surface area contributed by atoms with Gasteiger partial charge >= 0.3 is 0 Å². The molecule has 0 radical (unpaired) electrons. The zero-order valence-electron chi connectivity index (χ0n) is 10.7. The molecule has 0 amide bonds. The minimum absolute atomic E-state index is 1.08. The quantitative estimate of drug-likeness (QED) is 0.761. The molecule has 17 heavy (non-hydrogen) atoms. The maximum atomic E-state index is 4.59. The third kappa shape index (κ3) is 2.96. The number of nitrogens with zero attached hydrogens (tertiary/aromatic N) is 2. The summed E-state index contributed by atoms with van der Waals surface area (Å²) in [5.41, 5.74) is 3.70. The maximum absolute atomic E-state index is 4.59. The van der Waals surface area contributed by atoms with Gasteiger partial charge in [0.05, 0.1) is 11.4 Å². The summed E-state index contributed by atoms with van der Waals surface area (Å²) in [5, 5.41) is 4.59. The fraction of sp³-hybridized carbons (Fsp3) is 0.400. The van der Waals surface area contributed by atoms with Crippen molar-refractivity contribution >= 4 is 0 Å². The second-order valence-corrected chi connectivity index (χ2v) is 4.38. The average molecular weight is 228 g/mol. The normalized spacial score (nSPS) is 10.7. The van der Waals surface area contributed by atoms with Crippen LogP contribution < -0.4 is 0 Å². The van der Waals surface area contributed by atoms with E-state index in [-0.39, 0.29) is 0 Å². The maximum Gasteiger partial charge on any atom is 0.0645 e. The molecule has 0 unspecified atom stereocenters. The van der Waals surface area contributed by atoms with E-state index >= 15 is 0 Å². The molecule has 2 nitrogen and oxygen atoms in total. The Morgan fingerprint density at radius 3 is 2.47 bits per heavy atom. The first-order valence-electron chi connectivity index (χ1n) is 6.47. The fourth-order valence-corrected chi connectivity index (χ4v) is 1.88. The summed E-state index contributed by atoms with van der Waals surface area (Å²) in [6.45, 7) is 4.38. The summed E-state index contributed by atoms with van der Waals surface area (Å²) in [6, 6.07) is 10.7. The first kappa shape index (κ1) is 11.9. The summed E-state index contributed by atoms with van der Waals surface area (Å²) in [5.74, 6) is 0. The molecular formula is C15H20N2. The van der Waals surface area contributed by atoms with Crippen molar-refractivity contribution in [2.24, 2.45) is 0 Å². The monoisotopic (exact) mass is 228 g/mol. The van der Waals surface area contributed by atoms with Gasteiger partial charge < -0.3 is 0 Å². The molecule has 2 heteroatoms. The molecule has 1 aromatic carbocycles. The lowest BCUT2D eigenvalue weighted by Crippen LogP contribution is -1.96. The summed E-state index contributed by atoms with van der Waals surface area (Å²) in [6.07, 6.45) is 6.65. The van der Waals surface area contributed by atoms with E-state index < -0.39 is 0 Å². The molecule has 0 atom stereocenters. The molecular weight excluding hydrogens is 208 g/mol. The van der Waals surface area contributed by atoms with Crippen LogP contribution in [-0.4, -0.2) is 9.78 Å². The lowest BCUT2D eigenvalue weighted by Gasteiger charge is -2.02. The van der Waals surface area contributed by atoms with Crippen molar-refractivity contribution in [1.82, 2.24) is 9.78 Å². The molecule has 0 aliphatic heterocycles. The predicted octanol–water partition coefficient (Wildman–Crippen LogP) is 3.78. The van der Waals surface area contributed by atoms with E-state index in [0.29, 0.717) is 0 Å². The van der Waals surface area contributed by atoms with Gasteiger partial charge in [-0.3, -0.25) is 0 Å². The van der Waals surface area contributed by atoms with Gasteiger partial charge in [0.2, 0.25) is 0 Å². The van der Waals surface area contributed by atoms with E-state index in [1.807, 2.05) is 10.9 Å². The Kier molecular flexibility index (Phi) is 3.97. The SMILES string of the molecule is CCCCc1ccn(-c2ccc(CC)cc2)n1. The van der Waals surface area contributed by atoms with Gasteiger partial charge in [-0.15, -0.1) is 0 Å². The van der Waals surface area contributed by atoms with Crippen LogP contribution in [0.4, 0.5) is 0 Å². The van der Waals surface area contributed by atoms with Gasteiger partial charge in [0, 0.05) is 6.20 Å². The van der Waals surface area contributed by atoms with Crippen molar-refractivity contribution in [3.05, 3.63) is 47.8 Å². The second kappa shape index (κ2) is 5.67. The highest BCUT2D eigenvalue weighted by Crippen LogP contribution is 2.11. The first-order valence-corrected chi connectivity index (χ1v) is 6.47. The first-order chi connectivity index (χ1) is 8.33. The van der Waals surface area contributed by atoms with Crippen LogP contribution in [0.25, 0.3) is 5.69 Å². The second-order valence-electron chi connectivity index (χ2n) is 4.38. The van der Waals surface area contributed by atoms with E-state index in [2.05, 4.69) is 49.3 Å². The van der Waals surface area contributed by atoms with E-state index in [9.17, 15) is 0 Å². The Morgan fingerprint density at radius 1 is 1.06 bits per heavy atom. The minimum atomic E-state index is 1.08. The number of rotatable bonds is 5. The molecule has 0 bridgehead atoms. The highest BCUT2D eigenvalue weighted by Gasteiger charge is 2.00. The fourth-order valence-electron chi connectivity index (χ4n) is 1.88. The molecule has 2 aromatic rings. The third-order valence-corrected chi connectivity index (χ3v) is 3.04. The van der Waals surface area contributed by atoms with E-state index in [4.69, 9.17) is 0 Å². The number of hydrogen-bond donors (Lipinski definition) is 0. The van der Waals surface area contributed by atoms with Gasteiger partial charge in [0.1, 0.15) is 0 Å². The van der Waals surface area contributed by atoms with Crippen molar-refractivity contribution in [2.75, 3.05) is 0 Å². The summed E-state index contributed by atoms with van der Waals surface area (Å²) in [4.78, 5) is 0. The number of hydrogen-bond acceptors (Lipinski definition) is 1. The van der Waals surface area contributed by atoms with Crippen LogP contribution in [-0.2, 0) is 12.8 Å². The van der Waals surface area contributed by atoms with Gasteiger partial charge in [-0.2, -0.15) is 5.10 Å². The Labute approximate surface area is 103 Å². The van der Waals surface area contributed by atoms with Crippen LogP contribution >= 0.6 is 0 Å². The van der Waals surface area contributed by atoms with Gasteiger partial charge in [-0.05, 0) is 43.0 Å². The zero-order chi connectivity index (χ0) is 12.1. The minimum Gasteiger partial charge on any atom is -0.241 e. The van der Waals surface area contributed by atoms with Gasteiger partial charge in [0.15, 0.2) is 0 Å². The van der Waals surface area contributed by atoms with Crippen LogP contribution in [0.1, 0.15) is 37.9 Å². The molecule has 0 fully saturated rings. The van der Waals surface area contributed by atoms with Gasteiger partial charge in [-0.1, -0.05) is 32.4 Å². The summed E-state index contributed by atoms with van der Waals surface area (Å²) >= 11 is 0. The average Bonchev–Trinajstić information content (AvgIpc) is 2.85. The lowest BCUT2D eigenvalue weighted by molar-refractivity contribution is 0.752. The molecule has 0 spiro atoms. The lowest BCUT2D eigenvalue weighted by atomic mass is 10.1. The number of aromatic nitrogens is 2. The Bertz CT molecular complexity index is 454. The van der Waals surface area contributed by atoms with Crippen LogP contribution in [0.3, 0.4) is 0 Å². The van der Waals surface area contributed by atoms with E-state index in [1.165, 1.54) is 24.1 Å². The molecule has 0 N–H and O–H groups in total. The highest BCUT2D eigenvalue weighted by atomic mass is 15.3. The van der Waals surface area contributed by atoms with Crippen molar-refractivity contribution in [1.29, 1.82) is 0 Å². The topological polar surface area (TPSA) is 17.8 Å². The van der Waals surface area contributed by atoms with E-state index in [0.717, 1.165) is 18.5 Å². The largest absolute Gasteiger partial charge is 0.241 e. The smallest absolute Gasteiger partial charge is 0.0645 e. The van der Waals surface area contributed by atoms with Crippen LogP contribution in [0, 0.1) is 0 Å². The van der Waals surface area contributed by atoms with Crippen molar-refractivity contribution < 1.29 is 0 Å². The molecule has 1 heterocycles. The Morgan fingerprint density at radius 2 is 1.82 bits per heavy atom. The summed E-state index contributed by atoms with van der Waals surface area (Å²) < 4.78 is 1.96. The van der Waals surface area contributed by atoms with Crippen molar-refractivity contribution in [2.45, 2.75) is 39.5 Å². The molecule has 2 rings (SSSR count). The van der Waals surface area contributed by atoms with Gasteiger partial charge in [-0.25, -0.2) is 4.68 Å². The molecule has 1 aromatic heterocycles.